The van der Waals surface area contributed by atoms with Crippen LogP contribution in [0.3, 0.4) is 0 Å². The second kappa shape index (κ2) is 7.43. The zero-order chi connectivity index (χ0) is 17.8. The second-order valence-corrected chi connectivity index (χ2v) is 5.95. The first-order valence-electron chi connectivity index (χ1n) is 7.95. The molecule has 2 heterocycles. The minimum Gasteiger partial charge on any atom is -0.370 e. The van der Waals surface area contributed by atoms with Gasteiger partial charge in [0.15, 0.2) is 0 Å². The van der Waals surface area contributed by atoms with Gasteiger partial charge in [0.1, 0.15) is 11.9 Å². The predicted molar refractivity (Wildman–Crippen MR) is 92.0 cm³/mol. The van der Waals surface area contributed by atoms with Crippen molar-refractivity contribution in [1.82, 2.24) is 14.9 Å². The first-order valence-corrected chi connectivity index (χ1v) is 7.95. The van der Waals surface area contributed by atoms with Crippen LogP contribution in [0, 0.1) is 5.82 Å². The number of amides is 2. The third-order valence-electron chi connectivity index (χ3n) is 3.88. The molecule has 0 spiro atoms. The van der Waals surface area contributed by atoms with Gasteiger partial charge < -0.3 is 19.9 Å². The topological polar surface area (TPSA) is 70.6 Å². The molecule has 0 aliphatic carbocycles. The molecule has 8 heteroatoms. The molecule has 1 N–H and O–H groups in total. The number of aromatic nitrogens is 2. The van der Waals surface area contributed by atoms with E-state index in [1.165, 1.54) is 12.1 Å². The Kier molecular flexibility index (Phi) is 5.08. The Morgan fingerprint density at radius 3 is 2.60 bits per heavy atom. The molecule has 2 aromatic rings. The summed E-state index contributed by atoms with van der Waals surface area (Å²) in [6.45, 7) is 1.31. The summed E-state index contributed by atoms with van der Waals surface area (Å²) >= 11 is 0. The highest BCUT2D eigenvalue weighted by Crippen LogP contribution is 2.23. The number of carbonyl (C=O) groups is 1. The Hall–Kier alpha value is -2.74. The summed E-state index contributed by atoms with van der Waals surface area (Å²) in [5.74, 6) is 0.274. The molecule has 1 saturated heterocycles. The molecule has 2 amide bonds. The summed E-state index contributed by atoms with van der Waals surface area (Å²) in [6, 6.07) is 5.89. The third kappa shape index (κ3) is 4.21. The highest BCUT2D eigenvalue weighted by atomic mass is 19.1. The maximum atomic E-state index is 13.0. The second-order valence-electron chi connectivity index (χ2n) is 5.95. The number of nitrogens with one attached hydrogen (secondary N) is 1. The summed E-state index contributed by atoms with van der Waals surface area (Å²) in [5.41, 5.74) is 1.37. The summed E-state index contributed by atoms with van der Waals surface area (Å²) < 4.78 is 18.8. The van der Waals surface area contributed by atoms with E-state index in [9.17, 15) is 9.18 Å². The van der Waals surface area contributed by atoms with Crippen molar-refractivity contribution in [2.75, 3.05) is 44.0 Å². The molecule has 0 bridgehead atoms. The van der Waals surface area contributed by atoms with E-state index in [1.54, 1.807) is 34.3 Å². The number of carbonyl (C=O) groups excluding carboxylic acids is 1. The molecular formula is C17H20FN5O2. The van der Waals surface area contributed by atoms with Crippen molar-refractivity contribution in [3.63, 3.8) is 0 Å². The lowest BCUT2D eigenvalue weighted by molar-refractivity contribution is -0.0135. The molecular weight excluding hydrogens is 325 g/mol. The van der Waals surface area contributed by atoms with Gasteiger partial charge in [-0.1, -0.05) is 12.1 Å². The van der Waals surface area contributed by atoms with Gasteiger partial charge in [-0.25, -0.2) is 19.2 Å². The molecule has 0 radical (unpaired) electrons. The Morgan fingerprint density at radius 2 is 1.96 bits per heavy atom. The van der Waals surface area contributed by atoms with E-state index in [0.717, 1.165) is 5.56 Å². The first-order chi connectivity index (χ1) is 12.0. The van der Waals surface area contributed by atoms with E-state index in [2.05, 4.69) is 15.3 Å². The van der Waals surface area contributed by atoms with Gasteiger partial charge in [0.25, 0.3) is 0 Å². The number of anilines is 2. The molecule has 1 aromatic carbocycles. The summed E-state index contributed by atoms with van der Waals surface area (Å²) in [7, 11) is 3.69. The maximum absolute atomic E-state index is 13.0. The quantitative estimate of drug-likeness (QED) is 0.924. The molecule has 0 unspecified atom stereocenters. The van der Waals surface area contributed by atoms with Crippen LogP contribution in [0.15, 0.2) is 36.7 Å². The van der Waals surface area contributed by atoms with Gasteiger partial charge in [-0.2, -0.15) is 0 Å². The summed E-state index contributed by atoms with van der Waals surface area (Å²) in [6.07, 6.45) is 2.86. The number of halogens is 1. The summed E-state index contributed by atoms with van der Waals surface area (Å²) in [5, 5.41) is 2.79. The number of morpholine rings is 1. The van der Waals surface area contributed by atoms with E-state index >= 15 is 0 Å². The van der Waals surface area contributed by atoms with Gasteiger partial charge in [0, 0.05) is 20.6 Å². The fourth-order valence-electron chi connectivity index (χ4n) is 2.53. The molecule has 1 aliphatic heterocycles. The van der Waals surface area contributed by atoms with E-state index in [4.69, 9.17) is 4.74 Å². The first kappa shape index (κ1) is 17.1. The van der Waals surface area contributed by atoms with Gasteiger partial charge in [-0.3, -0.25) is 0 Å². The fraction of sp³-hybridized carbons (Fsp3) is 0.353. The van der Waals surface area contributed by atoms with Crippen LogP contribution in [0.1, 0.15) is 11.7 Å². The van der Waals surface area contributed by atoms with Crippen LogP contribution in [0.5, 0.6) is 0 Å². The number of nitrogens with zero attached hydrogens (tertiary/aromatic N) is 4. The van der Waals surface area contributed by atoms with Crippen molar-refractivity contribution in [2.24, 2.45) is 0 Å². The van der Waals surface area contributed by atoms with Crippen LogP contribution in [0.25, 0.3) is 0 Å². The molecule has 1 atom stereocenters. The van der Waals surface area contributed by atoms with Crippen molar-refractivity contribution in [1.29, 1.82) is 0 Å². The van der Waals surface area contributed by atoms with Crippen LogP contribution in [0.2, 0.25) is 0 Å². The van der Waals surface area contributed by atoms with Gasteiger partial charge in [0.2, 0.25) is 5.95 Å². The maximum Gasteiger partial charge on any atom is 0.322 e. The number of urea groups is 1. The molecule has 0 saturated carbocycles. The van der Waals surface area contributed by atoms with E-state index in [0.29, 0.717) is 31.3 Å². The van der Waals surface area contributed by atoms with Crippen LogP contribution in [-0.4, -0.2) is 54.7 Å². The molecule has 132 valence electrons. The van der Waals surface area contributed by atoms with E-state index in [1.807, 2.05) is 14.1 Å². The Morgan fingerprint density at radius 1 is 1.28 bits per heavy atom. The van der Waals surface area contributed by atoms with E-state index in [-0.39, 0.29) is 18.0 Å². The monoisotopic (exact) mass is 345 g/mol. The van der Waals surface area contributed by atoms with Gasteiger partial charge in [-0.05, 0) is 17.7 Å². The minimum absolute atomic E-state index is 0.239. The van der Waals surface area contributed by atoms with Crippen molar-refractivity contribution >= 4 is 17.7 Å². The smallest absolute Gasteiger partial charge is 0.322 e. The number of rotatable bonds is 3. The fourth-order valence-corrected chi connectivity index (χ4v) is 2.53. The number of hydrogen-bond acceptors (Lipinski definition) is 5. The molecule has 1 aliphatic rings. The van der Waals surface area contributed by atoms with Gasteiger partial charge >= 0.3 is 6.03 Å². The minimum atomic E-state index is -0.296. The number of ether oxygens (including phenoxy) is 1. The number of hydrogen-bond donors (Lipinski definition) is 1. The standard InChI is InChI=1S/C17H20FN5O2/c1-22(2)16-19-9-14(10-20-16)21-17(24)23-7-8-25-15(11-23)12-3-5-13(18)6-4-12/h3-6,9-10,15H,7-8,11H2,1-2H3,(H,21,24)/t15-/m1/s1. The van der Waals surface area contributed by atoms with Crippen molar-refractivity contribution in [3.8, 4) is 0 Å². The SMILES string of the molecule is CN(C)c1ncc(NC(=O)N2CCO[C@@H](c3ccc(F)cc3)C2)cn1. The van der Waals surface area contributed by atoms with Crippen LogP contribution in [-0.2, 0) is 4.74 Å². The molecule has 3 rings (SSSR count). The zero-order valence-corrected chi connectivity index (χ0v) is 14.1. The molecule has 1 fully saturated rings. The summed E-state index contributed by atoms with van der Waals surface area (Å²) in [4.78, 5) is 24.2. The lowest BCUT2D eigenvalue weighted by Gasteiger charge is -2.33. The van der Waals surface area contributed by atoms with Crippen molar-refractivity contribution in [2.45, 2.75) is 6.10 Å². The van der Waals surface area contributed by atoms with Crippen LogP contribution < -0.4 is 10.2 Å². The highest BCUT2D eigenvalue weighted by Gasteiger charge is 2.25. The largest absolute Gasteiger partial charge is 0.370 e. The Bertz CT molecular complexity index is 721. The third-order valence-corrected chi connectivity index (χ3v) is 3.88. The normalized spacial score (nSPS) is 17.2. The van der Waals surface area contributed by atoms with Crippen LogP contribution >= 0.6 is 0 Å². The Labute approximate surface area is 145 Å². The lowest BCUT2D eigenvalue weighted by Crippen LogP contribution is -2.44. The lowest BCUT2D eigenvalue weighted by atomic mass is 10.1. The van der Waals surface area contributed by atoms with Crippen molar-refractivity contribution in [3.05, 3.63) is 48.0 Å². The zero-order valence-electron chi connectivity index (χ0n) is 14.1. The predicted octanol–water partition coefficient (Wildman–Crippen LogP) is 2.29. The Balaban J connectivity index is 1.62. The van der Waals surface area contributed by atoms with Crippen LogP contribution in [0.4, 0.5) is 20.8 Å². The van der Waals surface area contributed by atoms with E-state index < -0.39 is 0 Å². The molecule has 7 nitrogen and oxygen atoms in total. The molecule has 25 heavy (non-hydrogen) atoms. The average Bonchev–Trinajstić information content (AvgIpc) is 2.63. The number of benzene rings is 1. The molecule has 1 aromatic heterocycles. The highest BCUT2D eigenvalue weighted by molar-refractivity contribution is 5.89. The van der Waals surface area contributed by atoms with Gasteiger partial charge in [-0.15, -0.1) is 0 Å². The average molecular weight is 345 g/mol. The van der Waals surface area contributed by atoms with Gasteiger partial charge in [0.05, 0.1) is 31.2 Å². The van der Waals surface area contributed by atoms with Crippen molar-refractivity contribution < 1.29 is 13.9 Å².